The van der Waals surface area contributed by atoms with Crippen LogP contribution in [0.5, 0.6) is 0 Å². The number of thiazole rings is 1. The Hall–Kier alpha value is -1.93. The summed E-state index contributed by atoms with van der Waals surface area (Å²) in [5, 5.41) is 10.3. The summed E-state index contributed by atoms with van der Waals surface area (Å²) in [5.74, 6) is -1.00. The molecule has 3 rings (SSSR count). The highest BCUT2D eigenvalue weighted by atomic mass is 35.5. The van der Waals surface area contributed by atoms with Gasteiger partial charge < -0.3 is 14.9 Å². The molecular weight excluding hydrogens is 388 g/mol. The van der Waals surface area contributed by atoms with Crippen LogP contribution in [0.25, 0.3) is 0 Å². The Balaban J connectivity index is 1.66. The molecule has 2 aliphatic heterocycles. The van der Waals surface area contributed by atoms with E-state index < -0.39 is 5.97 Å². The lowest BCUT2D eigenvalue weighted by Gasteiger charge is -2.45. The highest BCUT2D eigenvalue weighted by Crippen LogP contribution is 2.32. The molecule has 7 nitrogen and oxygen atoms in total. The molecule has 1 aromatic heterocycles. The van der Waals surface area contributed by atoms with Gasteiger partial charge in [-0.25, -0.2) is 14.8 Å². The highest BCUT2D eigenvalue weighted by Gasteiger charge is 2.38. The summed E-state index contributed by atoms with van der Waals surface area (Å²) in [7, 11) is 0. The van der Waals surface area contributed by atoms with E-state index in [1.54, 1.807) is 6.92 Å². The summed E-state index contributed by atoms with van der Waals surface area (Å²) in [6.07, 6.45) is 2.18. The number of carbonyl (C=O) groups is 2. The zero-order valence-corrected chi connectivity index (χ0v) is 17.2. The minimum absolute atomic E-state index is 0.0513. The minimum atomic E-state index is -0.952. The van der Waals surface area contributed by atoms with Crippen molar-refractivity contribution in [2.24, 2.45) is 4.99 Å². The minimum Gasteiger partial charge on any atom is -0.477 e. The lowest BCUT2D eigenvalue weighted by Crippen LogP contribution is -2.62. The summed E-state index contributed by atoms with van der Waals surface area (Å²) in [6, 6.07) is 0.0714. The number of aliphatic imine (C=N–C) groups is 1. The molecule has 0 aromatic carbocycles. The quantitative estimate of drug-likeness (QED) is 0.697. The Kier molecular flexibility index (Phi) is 5.86. The van der Waals surface area contributed by atoms with Crippen LogP contribution in [0.3, 0.4) is 0 Å². The normalized spacial score (nSPS) is 17.2. The number of carboxylic acid groups (broad SMARTS) is 1. The number of aromatic carboxylic acids is 1. The van der Waals surface area contributed by atoms with Gasteiger partial charge >= 0.3 is 5.97 Å². The van der Waals surface area contributed by atoms with Gasteiger partial charge in [0, 0.05) is 26.1 Å². The van der Waals surface area contributed by atoms with Gasteiger partial charge in [-0.1, -0.05) is 36.8 Å². The molecule has 0 saturated carbocycles. The second kappa shape index (κ2) is 7.98. The number of nitrogens with zero attached hydrogens (tertiary/aromatic N) is 4. The van der Waals surface area contributed by atoms with Crippen molar-refractivity contribution in [3.05, 3.63) is 21.3 Å². The number of aromatic nitrogens is 1. The molecule has 146 valence electrons. The number of hydrogen-bond donors (Lipinski definition) is 1. The Morgan fingerprint density at radius 3 is 2.59 bits per heavy atom. The molecule has 2 aliphatic rings. The molecule has 0 unspecified atom stereocenters. The molecule has 0 spiro atoms. The van der Waals surface area contributed by atoms with Crippen LogP contribution in [0.1, 0.15) is 48.5 Å². The first-order valence-electron chi connectivity index (χ1n) is 9.07. The molecular formula is C18H23ClN4O3S. The molecule has 3 heterocycles. The fourth-order valence-electron chi connectivity index (χ4n) is 3.29. The first-order chi connectivity index (χ1) is 12.8. The SMILES string of the molecule is CCCN(C(=O)C1=NC(Cl)=C(CC)C1)C1CN(c2nc(C)c(C(=O)O)s2)C1. The number of allylic oxidation sites excluding steroid dienone is 1. The fourth-order valence-corrected chi connectivity index (χ4v) is 4.51. The van der Waals surface area contributed by atoms with E-state index in [9.17, 15) is 14.7 Å². The van der Waals surface area contributed by atoms with Crippen LogP contribution >= 0.6 is 22.9 Å². The predicted molar refractivity (Wildman–Crippen MR) is 107 cm³/mol. The van der Waals surface area contributed by atoms with Gasteiger partial charge in [0.05, 0.1) is 11.7 Å². The number of aryl methyl sites for hydroxylation is 1. The average Bonchev–Trinajstić information content (AvgIpc) is 3.15. The molecule has 1 aromatic rings. The second-order valence-electron chi connectivity index (χ2n) is 6.76. The maximum absolute atomic E-state index is 13.0. The lowest BCUT2D eigenvalue weighted by molar-refractivity contribution is -0.126. The number of hydrogen-bond acceptors (Lipinski definition) is 6. The Morgan fingerprint density at radius 2 is 2.07 bits per heavy atom. The number of carboxylic acids is 1. The largest absolute Gasteiger partial charge is 0.477 e. The highest BCUT2D eigenvalue weighted by molar-refractivity contribution is 7.17. The van der Waals surface area contributed by atoms with Gasteiger partial charge in [0.2, 0.25) is 0 Å². The van der Waals surface area contributed by atoms with Crippen LogP contribution in [0.4, 0.5) is 5.13 Å². The van der Waals surface area contributed by atoms with Gasteiger partial charge in [0.25, 0.3) is 5.91 Å². The molecule has 27 heavy (non-hydrogen) atoms. The number of amides is 1. The first kappa shape index (κ1) is 19.8. The molecule has 1 amide bonds. The van der Waals surface area contributed by atoms with Crippen molar-refractivity contribution in [3.8, 4) is 0 Å². The Bertz CT molecular complexity index is 827. The van der Waals surface area contributed by atoms with E-state index in [4.69, 9.17) is 11.6 Å². The van der Waals surface area contributed by atoms with Gasteiger partial charge in [-0.3, -0.25) is 4.79 Å². The standard InChI is InChI=1S/C18H23ClN4O3S/c1-4-6-23(16(24)13-7-11(5-2)15(19)21-13)12-8-22(9-12)18-20-10(3)14(27-18)17(25)26/h12H,4-9H2,1-3H3,(H,25,26). The van der Waals surface area contributed by atoms with Gasteiger partial charge in [-0.2, -0.15) is 0 Å². The van der Waals surface area contributed by atoms with Gasteiger partial charge in [0.15, 0.2) is 5.13 Å². The molecule has 0 radical (unpaired) electrons. The third kappa shape index (κ3) is 3.87. The maximum atomic E-state index is 13.0. The number of halogens is 1. The fraction of sp³-hybridized carbons (Fsp3) is 0.556. The summed E-state index contributed by atoms with van der Waals surface area (Å²) in [5.41, 5.74) is 2.05. The molecule has 1 saturated heterocycles. The molecule has 0 bridgehead atoms. The second-order valence-corrected chi connectivity index (χ2v) is 8.09. The third-order valence-electron chi connectivity index (χ3n) is 4.86. The zero-order chi connectivity index (χ0) is 19.7. The van der Waals surface area contributed by atoms with Crippen LogP contribution in [0, 0.1) is 6.92 Å². The summed E-state index contributed by atoms with van der Waals surface area (Å²) in [4.78, 5) is 37.0. The van der Waals surface area contributed by atoms with Gasteiger partial charge in [-0.15, -0.1) is 0 Å². The molecule has 0 atom stereocenters. The summed E-state index contributed by atoms with van der Waals surface area (Å²) in [6.45, 7) is 7.70. The van der Waals surface area contributed by atoms with Crippen molar-refractivity contribution >= 4 is 45.7 Å². The van der Waals surface area contributed by atoms with Crippen molar-refractivity contribution < 1.29 is 14.7 Å². The monoisotopic (exact) mass is 410 g/mol. The van der Waals surface area contributed by atoms with E-state index in [0.717, 1.165) is 18.4 Å². The smallest absolute Gasteiger partial charge is 0.347 e. The number of anilines is 1. The van der Waals surface area contributed by atoms with Crippen molar-refractivity contribution in [1.29, 1.82) is 0 Å². The van der Waals surface area contributed by atoms with Crippen LogP contribution in [0.2, 0.25) is 0 Å². The van der Waals surface area contributed by atoms with E-state index in [1.807, 2.05) is 23.6 Å². The third-order valence-corrected chi connectivity index (χ3v) is 6.42. The van der Waals surface area contributed by atoms with Crippen molar-refractivity contribution in [1.82, 2.24) is 9.88 Å². The van der Waals surface area contributed by atoms with Crippen LogP contribution < -0.4 is 4.90 Å². The average molecular weight is 411 g/mol. The van der Waals surface area contributed by atoms with E-state index in [2.05, 4.69) is 9.98 Å². The van der Waals surface area contributed by atoms with Crippen molar-refractivity contribution in [2.45, 2.75) is 46.1 Å². The Labute approximate surface area is 167 Å². The van der Waals surface area contributed by atoms with Gasteiger partial charge in [-0.05, 0) is 25.3 Å². The summed E-state index contributed by atoms with van der Waals surface area (Å²) < 4.78 is 0. The molecule has 1 fully saturated rings. The van der Waals surface area contributed by atoms with Crippen molar-refractivity contribution in [3.63, 3.8) is 0 Å². The van der Waals surface area contributed by atoms with Crippen LogP contribution in [0.15, 0.2) is 15.7 Å². The molecule has 1 N–H and O–H groups in total. The topological polar surface area (TPSA) is 86.1 Å². The van der Waals surface area contributed by atoms with Crippen LogP contribution in [-0.4, -0.2) is 58.3 Å². The van der Waals surface area contributed by atoms with Gasteiger partial charge in [0.1, 0.15) is 15.7 Å². The lowest BCUT2D eigenvalue weighted by atomic mass is 10.0. The van der Waals surface area contributed by atoms with E-state index in [-0.39, 0.29) is 16.8 Å². The van der Waals surface area contributed by atoms with E-state index in [0.29, 0.717) is 47.7 Å². The molecule has 9 heteroatoms. The number of rotatable bonds is 7. The zero-order valence-electron chi connectivity index (χ0n) is 15.7. The predicted octanol–water partition coefficient (Wildman–Crippen LogP) is 3.28. The Morgan fingerprint density at radius 1 is 1.37 bits per heavy atom. The maximum Gasteiger partial charge on any atom is 0.347 e. The van der Waals surface area contributed by atoms with E-state index in [1.165, 1.54) is 11.3 Å². The first-order valence-corrected chi connectivity index (χ1v) is 10.3. The molecule has 0 aliphatic carbocycles. The van der Waals surface area contributed by atoms with Crippen molar-refractivity contribution in [2.75, 3.05) is 24.5 Å². The van der Waals surface area contributed by atoms with E-state index >= 15 is 0 Å². The van der Waals surface area contributed by atoms with Crippen LogP contribution in [-0.2, 0) is 4.79 Å². The summed E-state index contributed by atoms with van der Waals surface area (Å²) >= 11 is 7.31. The number of carbonyl (C=O) groups excluding carboxylic acids is 1.